The Balaban J connectivity index is 2.02. The minimum absolute atomic E-state index is 0.207. The van der Waals surface area contributed by atoms with E-state index in [9.17, 15) is 5.11 Å². The average molecular weight is 240 g/mol. The summed E-state index contributed by atoms with van der Waals surface area (Å²) in [7, 11) is 0. The summed E-state index contributed by atoms with van der Waals surface area (Å²) in [6.45, 7) is 2.94. The second-order valence-electron chi connectivity index (χ2n) is 4.87. The molecule has 0 amide bonds. The minimum Gasteiger partial charge on any atom is -0.506 e. The fourth-order valence-electron chi connectivity index (χ4n) is 2.34. The topological polar surface area (TPSA) is 32.3 Å². The van der Waals surface area contributed by atoms with E-state index in [-0.39, 0.29) is 11.3 Å². The number of benzene rings is 1. The fraction of sp³-hybridized carbons (Fsp3) is 0.538. The summed E-state index contributed by atoms with van der Waals surface area (Å²) in [5, 5.41) is 13.7. The Bertz CT molecular complexity index is 372. The minimum atomic E-state index is 0.207. The normalized spacial score (nSPS) is 18.9. The molecule has 1 aliphatic carbocycles. The number of rotatable bonds is 3. The molecule has 1 saturated carbocycles. The van der Waals surface area contributed by atoms with Crippen LogP contribution in [0.2, 0.25) is 5.02 Å². The SMILES string of the molecule is CC1(NCc2cccc(Cl)c2O)CCCC1. The summed E-state index contributed by atoms with van der Waals surface area (Å²) in [4.78, 5) is 0. The Morgan fingerprint density at radius 1 is 1.38 bits per heavy atom. The van der Waals surface area contributed by atoms with E-state index in [1.165, 1.54) is 25.7 Å². The fourth-order valence-corrected chi connectivity index (χ4v) is 2.54. The van der Waals surface area contributed by atoms with Gasteiger partial charge in [-0.15, -0.1) is 0 Å². The first-order valence-electron chi connectivity index (χ1n) is 5.82. The maximum absolute atomic E-state index is 9.78. The predicted octanol–water partition coefficient (Wildman–Crippen LogP) is 3.47. The molecule has 16 heavy (non-hydrogen) atoms. The van der Waals surface area contributed by atoms with E-state index < -0.39 is 0 Å². The molecule has 0 spiro atoms. The molecular weight excluding hydrogens is 222 g/mol. The highest BCUT2D eigenvalue weighted by Crippen LogP contribution is 2.31. The van der Waals surface area contributed by atoms with Crippen LogP contribution in [0.1, 0.15) is 38.2 Å². The Morgan fingerprint density at radius 2 is 2.06 bits per heavy atom. The van der Waals surface area contributed by atoms with Gasteiger partial charge in [0, 0.05) is 17.6 Å². The lowest BCUT2D eigenvalue weighted by atomic mass is 10.0. The van der Waals surface area contributed by atoms with E-state index in [1.54, 1.807) is 6.07 Å². The summed E-state index contributed by atoms with van der Waals surface area (Å²) < 4.78 is 0. The highest BCUT2D eigenvalue weighted by atomic mass is 35.5. The van der Waals surface area contributed by atoms with Crippen molar-refractivity contribution in [1.29, 1.82) is 0 Å². The van der Waals surface area contributed by atoms with Crippen LogP contribution in [0.25, 0.3) is 0 Å². The van der Waals surface area contributed by atoms with Crippen LogP contribution in [0.3, 0.4) is 0 Å². The molecule has 1 aromatic carbocycles. The number of hydrogen-bond acceptors (Lipinski definition) is 2. The molecule has 2 nitrogen and oxygen atoms in total. The Kier molecular flexibility index (Phi) is 3.41. The number of halogens is 1. The third-order valence-electron chi connectivity index (χ3n) is 3.48. The summed E-state index contributed by atoms with van der Waals surface area (Å²) in [5.41, 5.74) is 1.11. The van der Waals surface area contributed by atoms with Gasteiger partial charge in [-0.1, -0.05) is 36.6 Å². The molecule has 1 aliphatic rings. The van der Waals surface area contributed by atoms with Crippen molar-refractivity contribution in [2.45, 2.75) is 44.7 Å². The molecule has 88 valence electrons. The summed E-state index contributed by atoms with van der Waals surface area (Å²) in [6, 6.07) is 5.49. The van der Waals surface area contributed by atoms with Crippen molar-refractivity contribution in [3.63, 3.8) is 0 Å². The molecule has 0 heterocycles. The number of phenolic OH excluding ortho intramolecular Hbond substituents is 1. The number of aromatic hydroxyl groups is 1. The van der Waals surface area contributed by atoms with Gasteiger partial charge >= 0.3 is 0 Å². The maximum atomic E-state index is 9.78. The van der Waals surface area contributed by atoms with E-state index in [0.29, 0.717) is 11.6 Å². The molecule has 1 fully saturated rings. The van der Waals surface area contributed by atoms with Crippen molar-refractivity contribution in [3.05, 3.63) is 28.8 Å². The largest absolute Gasteiger partial charge is 0.506 e. The molecule has 0 radical (unpaired) electrons. The third-order valence-corrected chi connectivity index (χ3v) is 3.79. The molecule has 2 N–H and O–H groups in total. The Labute approximate surface area is 102 Å². The monoisotopic (exact) mass is 239 g/mol. The first kappa shape index (κ1) is 11.7. The molecule has 0 unspecified atom stereocenters. The molecule has 2 rings (SSSR count). The quantitative estimate of drug-likeness (QED) is 0.847. The van der Waals surface area contributed by atoms with Crippen LogP contribution in [-0.2, 0) is 6.54 Å². The molecular formula is C13H18ClNO. The lowest BCUT2D eigenvalue weighted by Gasteiger charge is -2.25. The molecule has 3 heteroatoms. The second kappa shape index (κ2) is 4.64. The zero-order valence-electron chi connectivity index (χ0n) is 9.59. The van der Waals surface area contributed by atoms with E-state index in [2.05, 4.69) is 12.2 Å². The van der Waals surface area contributed by atoms with Crippen LogP contribution in [0.15, 0.2) is 18.2 Å². The van der Waals surface area contributed by atoms with Gasteiger partial charge in [0.1, 0.15) is 5.75 Å². The van der Waals surface area contributed by atoms with Crippen LogP contribution in [0.4, 0.5) is 0 Å². The second-order valence-corrected chi connectivity index (χ2v) is 5.28. The zero-order chi connectivity index (χ0) is 11.6. The van der Waals surface area contributed by atoms with Crippen molar-refractivity contribution < 1.29 is 5.11 Å². The smallest absolute Gasteiger partial charge is 0.138 e. The van der Waals surface area contributed by atoms with E-state index in [0.717, 1.165) is 5.56 Å². The average Bonchev–Trinajstić information content (AvgIpc) is 2.68. The molecule has 0 saturated heterocycles. The summed E-state index contributed by atoms with van der Waals surface area (Å²) in [5.74, 6) is 0.207. The zero-order valence-corrected chi connectivity index (χ0v) is 10.3. The Morgan fingerprint density at radius 3 is 2.75 bits per heavy atom. The Hall–Kier alpha value is -0.730. The van der Waals surface area contributed by atoms with Gasteiger partial charge in [-0.25, -0.2) is 0 Å². The lowest BCUT2D eigenvalue weighted by Crippen LogP contribution is -2.38. The van der Waals surface area contributed by atoms with E-state index in [4.69, 9.17) is 11.6 Å². The summed E-state index contributed by atoms with van der Waals surface area (Å²) in [6.07, 6.45) is 5.03. The van der Waals surface area contributed by atoms with Gasteiger partial charge in [0.25, 0.3) is 0 Å². The third kappa shape index (κ3) is 2.50. The number of phenols is 1. The highest BCUT2D eigenvalue weighted by molar-refractivity contribution is 6.32. The highest BCUT2D eigenvalue weighted by Gasteiger charge is 2.27. The predicted molar refractivity (Wildman–Crippen MR) is 66.8 cm³/mol. The van der Waals surface area contributed by atoms with Gasteiger partial charge in [0.05, 0.1) is 5.02 Å². The summed E-state index contributed by atoms with van der Waals surface area (Å²) >= 11 is 5.87. The molecule has 0 atom stereocenters. The van der Waals surface area contributed by atoms with Crippen LogP contribution in [0.5, 0.6) is 5.75 Å². The van der Waals surface area contributed by atoms with Crippen LogP contribution in [0, 0.1) is 0 Å². The van der Waals surface area contributed by atoms with E-state index >= 15 is 0 Å². The van der Waals surface area contributed by atoms with Crippen molar-refractivity contribution in [3.8, 4) is 5.75 Å². The van der Waals surface area contributed by atoms with Gasteiger partial charge < -0.3 is 10.4 Å². The first-order valence-corrected chi connectivity index (χ1v) is 6.20. The lowest BCUT2D eigenvalue weighted by molar-refractivity contribution is 0.358. The van der Waals surface area contributed by atoms with Gasteiger partial charge in [-0.3, -0.25) is 0 Å². The van der Waals surface area contributed by atoms with Crippen molar-refractivity contribution in [2.75, 3.05) is 0 Å². The van der Waals surface area contributed by atoms with Crippen molar-refractivity contribution >= 4 is 11.6 Å². The molecule has 0 bridgehead atoms. The molecule has 0 aromatic heterocycles. The number of para-hydroxylation sites is 1. The van der Waals surface area contributed by atoms with Crippen LogP contribution in [-0.4, -0.2) is 10.6 Å². The number of nitrogens with one attached hydrogen (secondary N) is 1. The van der Waals surface area contributed by atoms with Crippen LogP contribution < -0.4 is 5.32 Å². The van der Waals surface area contributed by atoms with E-state index in [1.807, 2.05) is 12.1 Å². The van der Waals surface area contributed by atoms with Crippen molar-refractivity contribution in [1.82, 2.24) is 5.32 Å². The van der Waals surface area contributed by atoms with Gasteiger partial charge in [0.2, 0.25) is 0 Å². The van der Waals surface area contributed by atoms with Crippen molar-refractivity contribution in [2.24, 2.45) is 0 Å². The standard InChI is InChI=1S/C13H18ClNO/c1-13(7-2-3-8-13)15-9-10-5-4-6-11(14)12(10)16/h4-6,15-16H,2-3,7-9H2,1H3. The first-order chi connectivity index (χ1) is 7.61. The molecule has 0 aliphatic heterocycles. The maximum Gasteiger partial charge on any atom is 0.138 e. The van der Waals surface area contributed by atoms with Crippen LogP contribution >= 0.6 is 11.6 Å². The molecule has 1 aromatic rings. The van der Waals surface area contributed by atoms with Gasteiger partial charge in [0.15, 0.2) is 0 Å². The number of hydrogen-bond donors (Lipinski definition) is 2. The van der Waals surface area contributed by atoms with Gasteiger partial charge in [-0.2, -0.15) is 0 Å². The van der Waals surface area contributed by atoms with Gasteiger partial charge in [-0.05, 0) is 25.8 Å².